The highest BCUT2D eigenvalue weighted by atomic mass is 16.5. The minimum absolute atomic E-state index is 0.220. The van der Waals surface area contributed by atoms with Crippen molar-refractivity contribution >= 4 is 17.7 Å². The molecular formula is C20H23NO3. The van der Waals surface area contributed by atoms with Crippen LogP contribution in [0.2, 0.25) is 0 Å². The van der Waals surface area contributed by atoms with Gasteiger partial charge in [-0.1, -0.05) is 43.7 Å². The molecule has 0 unspecified atom stereocenters. The van der Waals surface area contributed by atoms with Crippen LogP contribution < -0.4 is 14.8 Å². The summed E-state index contributed by atoms with van der Waals surface area (Å²) < 4.78 is 11.0. The van der Waals surface area contributed by atoms with E-state index in [1.807, 2.05) is 36.4 Å². The standard InChI is InChI=1S/C20H23NO3/c1-3-4-15-24-18-11-7-5-9-16(18)13-14-20(22)21-17-10-6-8-12-19(17)23-2/h5-14H,3-4,15H2,1-2H3,(H,21,22). The van der Waals surface area contributed by atoms with Crippen LogP contribution in [0.1, 0.15) is 25.3 Å². The van der Waals surface area contributed by atoms with Crippen molar-refractivity contribution in [2.45, 2.75) is 19.8 Å². The maximum Gasteiger partial charge on any atom is 0.248 e. The van der Waals surface area contributed by atoms with E-state index in [2.05, 4.69) is 12.2 Å². The lowest BCUT2D eigenvalue weighted by Gasteiger charge is -2.09. The maximum atomic E-state index is 12.1. The molecule has 2 aromatic carbocycles. The number of ether oxygens (including phenoxy) is 2. The van der Waals surface area contributed by atoms with Gasteiger partial charge in [-0.15, -0.1) is 0 Å². The third-order valence-corrected chi connectivity index (χ3v) is 3.45. The summed E-state index contributed by atoms with van der Waals surface area (Å²) in [4.78, 5) is 12.1. The van der Waals surface area contributed by atoms with Crippen molar-refractivity contribution in [1.82, 2.24) is 0 Å². The van der Waals surface area contributed by atoms with E-state index >= 15 is 0 Å². The van der Waals surface area contributed by atoms with Gasteiger partial charge in [0.05, 0.1) is 19.4 Å². The predicted molar refractivity (Wildman–Crippen MR) is 97.5 cm³/mol. The Morgan fingerprint density at radius 2 is 1.79 bits per heavy atom. The van der Waals surface area contributed by atoms with E-state index < -0.39 is 0 Å². The second kappa shape index (κ2) is 9.40. The topological polar surface area (TPSA) is 47.6 Å². The Hall–Kier alpha value is -2.75. The third kappa shape index (κ3) is 5.16. The average molecular weight is 325 g/mol. The van der Waals surface area contributed by atoms with Crippen LogP contribution in [0.3, 0.4) is 0 Å². The summed E-state index contributed by atoms with van der Waals surface area (Å²) in [6, 6.07) is 15.0. The minimum Gasteiger partial charge on any atom is -0.495 e. The van der Waals surface area contributed by atoms with Crippen molar-refractivity contribution in [3.05, 3.63) is 60.2 Å². The van der Waals surface area contributed by atoms with Crippen molar-refractivity contribution in [1.29, 1.82) is 0 Å². The van der Waals surface area contributed by atoms with Crippen LogP contribution in [0.5, 0.6) is 11.5 Å². The number of hydrogen-bond donors (Lipinski definition) is 1. The Kier molecular flexibility index (Phi) is 6.90. The molecule has 0 aliphatic rings. The van der Waals surface area contributed by atoms with Gasteiger partial charge in [0.1, 0.15) is 11.5 Å². The number of anilines is 1. The first kappa shape index (κ1) is 17.6. The lowest BCUT2D eigenvalue weighted by molar-refractivity contribution is -0.111. The molecule has 0 spiro atoms. The summed E-state index contributed by atoms with van der Waals surface area (Å²) in [7, 11) is 1.57. The van der Waals surface area contributed by atoms with Crippen LogP contribution >= 0.6 is 0 Å². The van der Waals surface area contributed by atoms with Crippen molar-refractivity contribution in [3.8, 4) is 11.5 Å². The molecule has 0 aromatic heterocycles. The molecule has 4 heteroatoms. The molecule has 0 atom stereocenters. The number of hydrogen-bond acceptors (Lipinski definition) is 3. The van der Waals surface area contributed by atoms with Crippen LogP contribution in [0.25, 0.3) is 6.08 Å². The van der Waals surface area contributed by atoms with Crippen LogP contribution in [-0.2, 0) is 4.79 Å². The smallest absolute Gasteiger partial charge is 0.248 e. The van der Waals surface area contributed by atoms with Gasteiger partial charge in [-0.3, -0.25) is 4.79 Å². The first-order valence-corrected chi connectivity index (χ1v) is 8.08. The quantitative estimate of drug-likeness (QED) is 0.573. The molecular weight excluding hydrogens is 302 g/mol. The largest absolute Gasteiger partial charge is 0.495 e. The van der Waals surface area contributed by atoms with Crippen molar-refractivity contribution in [3.63, 3.8) is 0 Å². The number of unbranched alkanes of at least 4 members (excludes halogenated alkanes) is 1. The first-order chi connectivity index (χ1) is 11.7. The summed E-state index contributed by atoms with van der Waals surface area (Å²) in [6.07, 6.45) is 5.34. The number of rotatable bonds is 8. The number of amides is 1. The van der Waals surface area contributed by atoms with Gasteiger partial charge >= 0.3 is 0 Å². The molecule has 1 N–H and O–H groups in total. The molecule has 2 aromatic rings. The maximum absolute atomic E-state index is 12.1. The highest BCUT2D eigenvalue weighted by Crippen LogP contribution is 2.23. The predicted octanol–water partition coefficient (Wildman–Crippen LogP) is 4.53. The zero-order valence-electron chi connectivity index (χ0n) is 14.1. The molecule has 0 radical (unpaired) electrons. The number of para-hydroxylation sites is 3. The SMILES string of the molecule is CCCCOc1ccccc1C=CC(=O)Nc1ccccc1OC. The molecule has 126 valence electrons. The summed E-state index contributed by atoms with van der Waals surface area (Å²) in [5.41, 5.74) is 1.52. The molecule has 0 heterocycles. The fourth-order valence-electron chi connectivity index (χ4n) is 2.16. The monoisotopic (exact) mass is 325 g/mol. The molecule has 1 amide bonds. The lowest BCUT2D eigenvalue weighted by Crippen LogP contribution is -2.08. The zero-order valence-corrected chi connectivity index (χ0v) is 14.1. The molecule has 0 aliphatic heterocycles. The molecule has 4 nitrogen and oxygen atoms in total. The van der Waals surface area contributed by atoms with Gasteiger partial charge in [0.2, 0.25) is 5.91 Å². The Morgan fingerprint density at radius 1 is 1.08 bits per heavy atom. The van der Waals surface area contributed by atoms with Crippen LogP contribution in [0.15, 0.2) is 54.6 Å². The Labute approximate surface area is 143 Å². The van der Waals surface area contributed by atoms with E-state index in [4.69, 9.17) is 9.47 Å². The second-order valence-electron chi connectivity index (χ2n) is 5.26. The van der Waals surface area contributed by atoms with Gasteiger partial charge in [-0.2, -0.15) is 0 Å². The summed E-state index contributed by atoms with van der Waals surface area (Å²) in [5.74, 6) is 1.19. The number of benzene rings is 2. The van der Waals surface area contributed by atoms with Crippen LogP contribution in [0.4, 0.5) is 5.69 Å². The Balaban J connectivity index is 2.03. The van der Waals surface area contributed by atoms with E-state index in [1.54, 1.807) is 25.3 Å². The highest BCUT2D eigenvalue weighted by Gasteiger charge is 2.05. The number of nitrogens with one attached hydrogen (secondary N) is 1. The van der Waals surface area contributed by atoms with Gasteiger partial charge < -0.3 is 14.8 Å². The number of carbonyl (C=O) groups is 1. The molecule has 0 bridgehead atoms. The number of methoxy groups -OCH3 is 1. The summed E-state index contributed by atoms with van der Waals surface area (Å²) in [5, 5.41) is 2.81. The molecule has 0 aliphatic carbocycles. The molecule has 0 fully saturated rings. The van der Waals surface area contributed by atoms with E-state index in [0.717, 1.165) is 24.2 Å². The van der Waals surface area contributed by atoms with Crippen molar-refractivity contribution in [2.75, 3.05) is 19.0 Å². The van der Waals surface area contributed by atoms with Gasteiger partial charge in [0, 0.05) is 11.6 Å². The van der Waals surface area contributed by atoms with E-state index in [0.29, 0.717) is 18.0 Å². The van der Waals surface area contributed by atoms with E-state index in [-0.39, 0.29) is 5.91 Å². The van der Waals surface area contributed by atoms with E-state index in [1.165, 1.54) is 6.08 Å². The van der Waals surface area contributed by atoms with Crippen LogP contribution in [0, 0.1) is 0 Å². The van der Waals surface area contributed by atoms with Crippen molar-refractivity contribution < 1.29 is 14.3 Å². The fourth-order valence-corrected chi connectivity index (χ4v) is 2.16. The van der Waals surface area contributed by atoms with Gasteiger partial charge in [0.15, 0.2) is 0 Å². The summed E-state index contributed by atoms with van der Waals surface area (Å²) >= 11 is 0. The normalized spacial score (nSPS) is 10.6. The Bertz CT molecular complexity index is 695. The van der Waals surface area contributed by atoms with Crippen LogP contribution in [-0.4, -0.2) is 19.6 Å². The molecule has 0 saturated heterocycles. The molecule has 0 saturated carbocycles. The zero-order chi connectivity index (χ0) is 17.2. The lowest BCUT2D eigenvalue weighted by atomic mass is 10.2. The third-order valence-electron chi connectivity index (χ3n) is 3.45. The molecule has 2 rings (SSSR count). The minimum atomic E-state index is -0.220. The Morgan fingerprint density at radius 3 is 2.54 bits per heavy atom. The first-order valence-electron chi connectivity index (χ1n) is 8.08. The van der Waals surface area contributed by atoms with Gasteiger partial charge in [-0.25, -0.2) is 0 Å². The van der Waals surface area contributed by atoms with E-state index in [9.17, 15) is 4.79 Å². The highest BCUT2D eigenvalue weighted by molar-refractivity contribution is 6.02. The average Bonchev–Trinajstić information content (AvgIpc) is 2.61. The van der Waals surface area contributed by atoms with Gasteiger partial charge in [0.25, 0.3) is 0 Å². The number of carbonyl (C=O) groups excluding carboxylic acids is 1. The molecule has 24 heavy (non-hydrogen) atoms. The fraction of sp³-hybridized carbons (Fsp3) is 0.250. The second-order valence-corrected chi connectivity index (χ2v) is 5.26. The van der Waals surface area contributed by atoms with Crippen molar-refractivity contribution in [2.24, 2.45) is 0 Å². The van der Waals surface area contributed by atoms with Gasteiger partial charge in [-0.05, 0) is 30.7 Å². The summed E-state index contributed by atoms with van der Waals surface area (Å²) in [6.45, 7) is 2.80.